The smallest absolute Gasteiger partial charge is 0.263 e. The lowest BCUT2D eigenvalue weighted by atomic mass is 10.4. The van der Waals surface area contributed by atoms with Crippen molar-refractivity contribution >= 4 is 28.8 Å². The predicted molar refractivity (Wildman–Crippen MR) is 48.7 cm³/mol. The minimum atomic E-state index is -0.159. The van der Waals surface area contributed by atoms with Crippen LogP contribution >= 0.6 is 22.9 Å². The fourth-order valence-corrected chi connectivity index (χ4v) is 1.62. The standard InChI is InChI=1S/C7H8ClNO2S/c1-11-4-9-7(10)5-2-3-6(8)12-5/h2-3H,4H2,1H3,(H,9,10). The molecule has 1 heterocycles. The van der Waals surface area contributed by atoms with Gasteiger partial charge in [-0.3, -0.25) is 4.79 Å². The SMILES string of the molecule is COCNC(=O)c1ccc(Cl)s1. The number of nitrogens with one attached hydrogen (secondary N) is 1. The largest absolute Gasteiger partial charge is 0.364 e. The van der Waals surface area contributed by atoms with Gasteiger partial charge in [-0.1, -0.05) is 11.6 Å². The van der Waals surface area contributed by atoms with Crippen LogP contribution in [0.4, 0.5) is 0 Å². The molecular weight excluding hydrogens is 198 g/mol. The zero-order chi connectivity index (χ0) is 8.97. The van der Waals surface area contributed by atoms with Crippen molar-refractivity contribution in [3.8, 4) is 0 Å². The quantitative estimate of drug-likeness (QED) is 0.764. The summed E-state index contributed by atoms with van der Waals surface area (Å²) in [7, 11) is 1.52. The van der Waals surface area contributed by atoms with Crippen molar-refractivity contribution in [1.82, 2.24) is 5.32 Å². The van der Waals surface area contributed by atoms with E-state index in [1.807, 2.05) is 0 Å². The molecule has 0 aliphatic carbocycles. The van der Waals surface area contributed by atoms with Gasteiger partial charge in [-0.15, -0.1) is 11.3 Å². The summed E-state index contributed by atoms with van der Waals surface area (Å²) in [5, 5.41) is 2.55. The molecule has 66 valence electrons. The van der Waals surface area contributed by atoms with Gasteiger partial charge in [-0.05, 0) is 12.1 Å². The van der Waals surface area contributed by atoms with E-state index in [2.05, 4.69) is 10.1 Å². The summed E-state index contributed by atoms with van der Waals surface area (Å²) in [6, 6.07) is 3.37. The van der Waals surface area contributed by atoms with Gasteiger partial charge in [0, 0.05) is 7.11 Å². The average Bonchev–Trinajstić information content (AvgIpc) is 2.47. The summed E-state index contributed by atoms with van der Waals surface area (Å²) < 4.78 is 5.29. The van der Waals surface area contributed by atoms with Crippen LogP contribution in [0.5, 0.6) is 0 Å². The number of ether oxygens (including phenoxy) is 1. The van der Waals surface area contributed by atoms with E-state index in [0.29, 0.717) is 9.21 Å². The first kappa shape index (κ1) is 9.51. The number of hydrogen-bond donors (Lipinski definition) is 1. The fourth-order valence-electron chi connectivity index (χ4n) is 0.661. The Labute approximate surface area is 79.3 Å². The Hall–Kier alpha value is -0.580. The van der Waals surface area contributed by atoms with Crippen molar-refractivity contribution in [1.29, 1.82) is 0 Å². The lowest BCUT2D eigenvalue weighted by Crippen LogP contribution is -2.24. The molecule has 1 N–H and O–H groups in total. The number of methoxy groups -OCH3 is 1. The first-order valence-corrected chi connectivity index (χ1v) is 4.46. The molecule has 0 saturated heterocycles. The zero-order valence-electron chi connectivity index (χ0n) is 6.46. The Morgan fingerprint density at radius 1 is 1.75 bits per heavy atom. The summed E-state index contributed by atoms with van der Waals surface area (Å²) in [5.74, 6) is -0.159. The Kier molecular flexibility index (Phi) is 3.52. The van der Waals surface area contributed by atoms with Gasteiger partial charge in [0.15, 0.2) is 0 Å². The molecule has 0 radical (unpaired) electrons. The highest BCUT2D eigenvalue weighted by atomic mass is 35.5. The van der Waals surface area contributed by atoms with Crippen LogP contribution in [0.1, 0.15) is 9.67 Å². The van der Waals surface area contributed by atoms with Gasteiger partial charge in [-0.2, -0.15) is 0 Å². The van der Waals surface area contributed by atoms with E-state index in [1.165, 1.54) is 18.4 Å². The molecule has 0 aliphatic rings. The van der Waals surface area contributed by atoms with Gasteiger partial charge in [0.2, 0.25) is 0 Å². The second-order valence-corrected chi connectivity index (χ2v) is 3.76. The molecule has 1 aromatic heterocycles. The number of halogens is 1. The normalized spacial score (nSPS) is 9.83. The molecule has 1 rings (SSSR count). The molecule has 1 aromatic rings. The van der Waals surface area contributed by atoms with Crippen LogP contribution in [-0.4, -0.2) is 19.7 Å². The molecule has 0 aliphatic heterocycles. The van der Waals surface area contributed by atoms with E-state index in [9.17, 15) is 4.79 Å². The molecule has 3 nitrogen and oxygen atoms in total. The molecule has 0 spiro atoms. The van der Waals surface area contributed by atoms with Crippen molar-refractivity contribution in [2.45, 2.75) is 0 Å². The van der Waals surface area contributed by atoms with Crippen LogP contribution in [0, 0.1) is 0 Å². The minimum absolute atomic E-state index is 0.159. The Bertz CT molecular complexity index is 274. The van der Waals surface area contributed by atoms with Gasteiger partial charge in [-0.25, -0.2) is 0 Å². The predicted octanol–water partition coefficient (Wildman–Crippen LogP) is 1.74. The van der Waals surface area contributed by atoms with Crippen LogP contribution in [0.3, 0.4) is 0 Å². The second kappa shape index (κ2) is 4.45. The van der Waals surface area contributed by atoms with E-state index in [-0.39, 0.29) is 12.6 Å². The summed E-state index contributed by atoms with van der Waals surface area (Å²) >= 11 is 6.89. The van der Waals surface area contributed by atoms with E-state index >= 15 is 0 Å². The van der Waals surface area contributed by atoms with Crippen molar-refractivity contribution in [3.05, 3.63) is 21.3 Å². The minimum Gasteiger partial charge on any atom is -0.364 e. The first-order chi connectivity index (χ1) is 5.74. The van der Waals surface area contributed by atoms with Gasteiger partial charge < -0.3 is 10.1 Å². The van der Waals surface area contributed by atoms with E-state index in [0.717, 1.165) is 0 Å². The van der Waals surface area contributed by atoms with E-state index < -0.39 is 0 Å². The number of hydrogen-bond acceptors (Lipinski definition) is 3. The highest BCUT2D eigenvalue weighted by Gasteiger charge is 2.06. The summed E-state index contributed by atoms with van der Waals surface area (Å²) in [5.41, 5.74) is 0. The number of carbonyl (C=O) groups excluding carboxylic acids is 1. The van der Waals surface area contributed by atoms with Crippen molar-refractivity contribution in [2.24, 2.45) is 0 Å². The van der Waals surface area contributed by atoms with Crippen molar-refractivity contribution in [2.75, 3.05) is 13.8 Å². The Morgan fingerprint density at radius 2 is 2.50 bits per heavy atom. The first-order valence-electron chi connectivity index (χ1n) is 3.26. The Morgan fingerprint density at radius 3 is 3.00 bits per heavy atom. The summed E-state index contributed by atoms with van der Waals surface area (Å²) in [6.45, 7) is 0.217. The molecule has 5 heteroatoms. The molecule has 12 heavy (non-hydrogen) atoms. The topological polar surface area (TPSA) is 38.3 Å². The summed E-state index contributed by atoms with van der Waals surface area (Å²) in [4.78, 5) is 11.8. The van der Waals surface area contributed by atoms with Crippen LogP contribution in [0.15, 0.2) is 12.1 Å². The third-order valence-electron chi connectivity index (χ3n) is 1.17. The molecule has 0 saturated carbocycles. The van der Waals surface area contributed by atoms with E-state index in [1.54, 1.807) is 12.1 Å². The molecule has 0 bridgehead atoms. The molecule has 1 amide bonds. The monoisotopic (exact) mass is 205 g/mol. The number of rotatable bonds is 3. The van der Waals surface area contributed by atoms with E-state index in [4.69, 9.17) is 11.6 Å². The van der Waals surface area contributed by atoms with Crippen LogP contribution in [0.2, 0.25) is 4.34 Å². The van der Waals surface area contributed by atoms with Crippen LogP contribution in [-0.2, 0) is 4.74 Å². The zero-order valence-corrected chi connectivity index (χ0v) is 8.04. The maximum atomic E-state index is 11.2. The summed E-state index contributed by atoms with van der Waals surface area (Å²) in [6.07, 6.45) is 0. The number of amides is 1. The maximum Gasteiger partial charge on any atom is 0.263 e. The van der Waals surface area contributed by atoms with Crippen molar-refractivity contribution in [3.63, 3.8) is 0 Å². The van der Waals surface area contributed by atoms with Gasteiger partial charge in [0.1, 0.15) is 6.73 Å². The Balaban J connectivity index is 2.53. The van der Waals surface area contributed by atoms with Gasteiger partial charge >= 0.3 is 0 Å². The maximum absolute atomic E-state index is 11.2. The lowest BCUT2D eigenvalue weighted by molar-refractivity contribution is 0.0876. The fraction of sp³-hybridized carbons (Fsp3) is 0.286. The second-order valence-electron chi connectivity index (χ2n) is 2.04. The number of thiophene rings is 1. The molecular formula is C7H8ClNO2S. The van der Waals surface area contributed by atoms with Gasteiger partial charge in [0.25, 0.3) is 5.91 Å². The third-order valence-corrected chi connectivity index (χ3v) is 2.40. The molecule has 0 atom stereocenters. The lowest BCUT2D eigenvalue weighted by Gasteiger charge is -1.99. The highest BCUT2D eigenvalue weighted by Crippen LogP contribution is 2.20. The molecule has 0 unspecified atom stereocenters. The van der Waals surface area contributed by atoms with Crippen molar-refractivity contribution < 1.29 is 9.53 Å². The average molecular weight is 206 g/mol. The van der Waals surface area contributed by atoms with Gasteiger partial charge in [0.05, 0.1) is 9.21 Å². The highest BCUT2D eigenvalue weighted by molar-refractivity contribution is 7.17. The van der Waals surface area contributed by atoms with Crippen LogP contribution < -0.4 is 5.32 Å². The molecule has 0 aromatic carbocycles. The number of carbonyl (C=O) groups is 1. The van der Waals surface area contributed by atoms with Crippen LogP contribution in [0.25, 0.3) is 0 Å². The third kappa shape index (κ3) is 2.48. The molecule has 0 fully saturated rings.